The lowest BCUT2D eigenvalue weighted by Gasteiger charge is -2.59. The van der Waals surface area contributed by atoms with E-state index >= 15 is 0 Å². The fourth-order valence-electron chi connectivity index (χ4n) is 12.8. The third-order valence-electron chi connectivity index (χ3n) is 15.7. The number of aromatic nitrogens is 2. The van der Waals surface area contributed by atoms with Crippen molar-refractivity contribution in [2.24, 2.45) is 0 Å². The maximum atomic E-state index is 3.23. The summed E-state index contributed by atoms with van der Waals surface area (Å²) in [6.45, 7) is 10.3. The molecule has 0 N–H and O–H groups in total. The number of para-hydroxylation sites is 4. The van der Waals surface area contributed by atoms with Gasteiger partial charge in [-0.3, -0.25) is 0 Å². The molecule has 5 aromatic carbocycles. The Hall–Kier alpha value is -4.43. The van der Waals surface area contributed by atoms with Gasteiger partial charge in [0.2, 0.25) is 0 Å². The van der Waals surface area contributed by atoms with Crippen LogP contribution in [0.1, 0.15) is 115 Å². The molecule has 9 rings (SSSR count). The summed E-state index contributed by atoms with van der Waals surface area (Å²) in [7, 11) is -8.18. The topological polar surface area (TPSA) is 9.86 Å². The monoisotopic (exact) mass is 866 g/mol. The van der Waals surface area contributed by atoms with Gasteiger partial charge >= 0.3 is 0 Å². The van der Waals surface area contributed by atoms with Gasteiger partial charge in [0.05, 0.1) is 0 Å². The molecular weight excluding hydrogens is 797 g/mol. The molecule has 0 amide bonds. The Labute approximate surface area is 375 Å². The van der Waals surface area contributed by atoms with Crippen molar-refractivity contribution in [3.05, 3.63) is 161 Å². The third-order valence-corrected chi connectivity index (χ3v) is 53.2. The molecule has 0 spiro atoms. The Kier molecular flexibility index (Phi) is 12.9. The number of benzene rings is 5. The fourth-order valence-corrected chi connectivity index (χ4v) is 59.2. The summed E-state index contributed by atoms with van der Waals surface area (Å²) in [6.07, 6.45) is 28.4. The van der Waals surface area contributed by atoms with Crippen LogP contribution < -0.4 is 0 Å². The van der Waals surface area contributed by atoms with Gasteiger partial charge < -0.3 is 8.47 Å². The largest absolute Gasteiger partial charge is 0.370 e. The zero-order valence-corrected chi connectivity index (χ0v) is 41.3. The molecule has 3 atom stereocenters. The van der Waals surface area contributed by atoms with Crippen molar-refractivity contribution in [2.75, 3.05) is 0 Å². The minimum Gasteiger partial charge on any atom is -0.370 e. The van der Waals surface area contributed by atoms with Gasteiger partial charge in [0.15, 0.2) is 15.5 Å². The van der Waals surface area contributed by atoms with Crippen LogP contribution in [0.2, 0.25) is 24.7 Å². The van der Waals surface area contributed by atoms with Gasteiger partial charge in [0.1, 0.15) is 7.11 Å². The molecule has 0 saturated carbocycles. The highest BCUT2D eigenvalue weighted by atomic mass is 29.6. The predicted molar refractivity (Wildman–Crippen MR) is 280 cm³/mol. The number of unbranched alkanes of at least 4 members (excludes halogenated alkanes) is 9. The maximum absolute atomic E-state index is 3.23. The standard InChI is InChI=1S/C57H70N2Si3/c1-5-8-11-13-28-42-61(41-27-12-9-6-2,58-54-37-22-18-33-50(54)51-34-19-23-38-55(51)58)60(4,49-44-46-29-14-15-30-47(46)45-49)62(43-26-10-7-3,48-31-16-17-32-48)59-56-39-24-20-35-52(56)53-36-21-25-40-57(53)59/h14-25,29-31,33-40,44H,5-13,26-28,32,41-43,45H2,1-4H3. The Morgan fingerprint density at radius 2 is 0.919 bits per heavy atom. The highest BCUT2D eigenvalue weighted by molar-refractivity contribution is 7.73. The second-order valence-corrected chi connectivity index (χ2v) is 41.5. The fraction of sp³-hybridized carbons (Fsp3) is 0.368. The summed E-state index contributed by atoms with van der Waals surface area (Å²) in [5.41, 5.74) is 9.03. The van der Waals surface area contributed by atoms with Gasteiger partial charge in [-0.2, -0.15) is 0 Å². The van der Waals surface area contributed by atoms with E-state index in [1.54, 1.807) is 5.56 Å². The Bertz CT molecular complexity index is 2660. The number of fused-ring (bicyclic) bond motifs is 7. The molecule has 320 valence electrons. The smallest absolute Gasteiger partial charge is 0.182 e. The van der Waals surface area contributed by atoms with Gasteiger partial charge in [0.25, 0.3) is 0 Å². The lowest BCUT2D eigenvalue weighted by Crippen LogP contribution is -2.82. The molecule has 2 nitrogen and oxygen atoms in total. The second-order valence-electron chi connectivity index (χ2n) is 19.1. The molecule has 2 aliphatic rings. The van der Waals surface area contributed by atoms with E-state index in [2.05, 4.69) is 181 Å². The van der Waals surface area contributed by atoms with Gasteiger partial charge in [-0.05, 0) is 66.4 Å². The molecule has 2 heterocycles. The number of nitrogens with zero attached hydrogens (tertiary/aromatic N) is 2. The second kappa shape index (κ2) is 18.7. The van der Waals surface area contributed by atoms with E-state index in [1.807, 2.05) is 10.4 Å². The van der Waals surface area contributed by atoms with Crippen LogP contribution in [0, 0.1) is 0 Å². The van der Waals surface area contributed by atoms with Gasteiger partial charge in [-0.15, -0.1) is 0 Å². The summed E-state index contributed by atoms with van der Waals surface area (Å²) >= 11 is 0. The van der Waals surface area contributed by atoms with Crippen molar-refractivity contribution in [2.45, 2.75) is 135 Å². The first-order valence-electron chi connectivity index (χ1n) is 24.7. The first-order valence-corrected chi connectivity index (χ1v) is 33.7. The van der Waals surface area contributed by atoms with Crippen molar-refractivity contribution in [3.8, 4) is 0 Å². The Morgan fingerprint density at radius 1 is 0.468 bits per heavy atom. The minimum absolute atomic E-state index is 1.09. The number of allylic oxidation sites excluding steroid dienone is 5. The molecule has 2 aromatic heterocycles. The average molecular weight is 867 g/mol. The van der Waals surface area contributed by atoms with Crippen LogP contribution in [-0.2, 0) is 6.42 Å². The van der Waals surface area contributed by atoms with Crippen molar-refractivity contribution in [1.82, 2.24) is 8.47 Å². The van der Waals surface area contributed by atoms with Crippen LogP contribution in [0.3, 0.4) is 0 Å². The van der Waals surface area contributed by atoms with E-state index in [1.165, 1.54) is 144 Å². The molecule has 0 saturated heterocycles. The van der Waals surface area contributed by atoms with Crippen LogP contribution in [0.15, 0.2) is 150 Å². The van der Waals surface area contributed by atoms with Crippen molar-refractivity contribution in [1.29, 1.82) is 0 Å². The summed E-state index contributed by atoms with van der Waals surface area (Å²) in [5, 5.41) is 9.47. The van der Waals surface area contributed by atoms with Gasteiger partial charge in [-0.25, -0.2) is 0 Å². The zero-order valence-electron chi connectivity index (χ0n) is 38.3. The molecule has 5 heteroatoms. The van der Waals surface area contributed by atoms with E-state index in [4.69, 9.17) is 0 Å². The predicted octanol–water partition coefficient (Wildman–Crippen LogP) is 16.8. The van der Waals surface area contributed by atoms with E-state index in [0.29, 0.717) is 0 Å². The third kappa shape index (κ3) is 7.11. The van der Waals surface area contributed by atoms with Crippen LogP contribution in [-0.4, -0.2) is 31.1 Å². The highest BCUT2D eigenvalue weighted by Crippen LogP contribution is 2.55. The molecule has 0 bridgehead atoms. The van der Waals surface area contributed by atoms with Crippen LogP contribution in [0.4, 0.5) is 0 Å². The molecule has 2 aliphatic carbocycles. The molecule has 0 aliphatic heterocycles. The highest BCUT2D eigenvalue weighted by Gasteiger charge is 2.69. The van der Waals surface area contributed by atoms with Crippen molar-refractivity contribution in [3.63, 3.8) is 0 Å². The summed E-state index contributed by atoms with van der Waals surface area (Å²) < 4.78 is 6.43. The van der Waals surface area contributed by atoms with E-state index < -0.39 is 22.6 Å². The molecule has 7 aromatic rings. The Morgan fingerprint density at radius 3 is 1.44 bits per heavy atom. The average Bonchev–Trinajstić information content (AvgIpc) is 4.13. The summed E-state index contributed by atoms with van der Waals surface area (Å²) in [5.74, 6) is 0. The van der Waals surface area contributed by atoms with E-state index in [9.17, 15) is 0 Å². The summed E-state index contributed by atoms with van der Waals surface area (Å²) in [4.78, 5) is 0. The number of rotatable bonds is 21. The summed E-state index contributed by atoms with van der Waals surface area (Å²) in [6, 6.07) is 52.1. The number of hydrogen-bond donors (Lipinski definition) is 0. The Balaban J connectivity index is 1.49. The van der Waals surface area contributed by atoms with E-state index in [0.717, 1.165) is 12.8 Å². The zero-order chi connectivity index (χ0) is 42.6. The number of hydrogen-bond acceptors (Lipinski definition) is 0. The molecule has 0 fully saturated rings. The van der Waals surface area contributed by atoms with E-state index in [-0.39, 0.29) is 0 Å². The quantitative estimate of drug-likeness (QED) is 0.0503. The lowest BCUT2D eigenvalue weighted by molar-refractivity contribution is 0.648. The molecule has 3 unspecified atom stereocenters. The minimum atomic E-state index is -2.79. The van der Waals surface area contributed by atoms with Crippen LogP contribution in [0.25, 0.3) is 49.7 Å². The first-order chi connectivity index (χ1) is 30.5. The molecule has 0 radical (unpaired) electrons. The molecule has 62 heavy (non-hydrogen) atoms. The van der Waals surface area contributed by atoms with Gasteiger partial charge in [-0.1, -0.05) is 236 Å². The van der Waals surface area contributed by atoms with Crippen LogP contribution >= 0.6 is 0 Å². The first kappa shape index (κ1) is 42.9. The molecular formula is C57H70N2Si3. The van der Waals surface area contributed by atoms with Crippen molar-refractivity contribution >= 4 is 72.3 Å². The van der Waals surface area contributed by atoms with Crippen LogP contribution in [0.5, 0.6) is 0 Å². The normalized spacial score (nSPS) is 16.8. The SMILES string of the molecule is CCCCCCC[Si](CCCCCC)(n1c2ccccc2c2ccccc21)[Si](C)(C1=Cc2ccccc2C1)[Si](CCCCC)(C1=CC=CC1)n1c2ccccc2c2ccccc21. The van der Waals surface area contributed by atoms with Crippen molar-refractivity contribution < 1.29 is 0 Å². The van der Waals surface area contributed by atoms with Gasteiger partial charge in [0, 0.05) is 43.6 Å². The lowest BCUT2D eigenvalue weighted by atomic mass is 10.1. The maximum Gasteiger partial charge on any atom is 0.182 e.